The molecule has 34 heavy (non-hydrogen) atoms. The van der Waals surface area contributed by atoms with E-state index in [1.807, 2.05) is 0 Å². The summed E-state index contributed by atoms with van der Waals surface area (Å²) in [6.45, 7) is 0.713. The Labute approximate surface area is 196 Å². The Morgan fingerprint density at radius 3 is 2.41 bits per heavy atom. The molecule has 1 aromatic carbocycles. The van der Waals surface area contributed by atoms with Crippen molar-refractivity contribution in [1.82, 2.24) is 19.0 Å². The SMILES string of the molecule is Cn1c(=O)c(=O)n(C2CCN(C(=O)Cc3ccc(OC(F)(F)F)cc3)CC2)c2ncc(Cl)cc21. The molecule has 180 valence electrons. The number of pyridine rings is 1. The first-order valence-corrected chi connectivity index (χ1v) is 10.8. The van der Waals surface area contributed by atoms with Crippen molar-refractivity contribution >= 4 is 28.7 Å². The van der Waals surface area contributed by atoms with Gasteiger partial charge in [0, 0.05) is 32.4 Å². The summed E-state index contributed by atoms with van der Waals surface area (Å²) in [4.78, 5) is 43.8. The third-order valence-electron chi connectivity index (χ3n) is 5.80. The van der Waals surface area contributed by atoms with Crippen LogP contribution in [0.1, 0.15) is 24.4 Å². The Morgan fingerprint density at radius 1 is 1.15 bits per heavy atom. The van der Waals surface area contributed by atoms with E-state index >= 15 is 0 Å². The number of aryl methyl sites for hydroxylation is 1. The quantitative estimate of drug-likeness (QED) is 0.518. The van der Waals surface area contributed by atoms with Gasteiger partial charge in [0.2, 0.25) is 5.91 Å². The maximum absolute atomic E-state index is 12.8. The fraction of sp³-hybridized carbons (Fsp3) is 0.364. The lowest BCUT2D eigenvalue weighted by atomic mass is 10.0. The Kier molecular flexibility index (Phi) is 6.39. The molecule has 0 atom stereocenters. The number of benzene rings is 1. The van der Waals surface area contributed by atoms with Crippen molar-refractivity contribution in [3.63, 3.8) is 0 Å². The third-order valence-corrected chi connectivity index (χ3v) is 6.01. The minimum atomic E-state index is -4.78. The van der Waals surface area contributed by atoms with Gasteiger partial charge in [-0.3, -0.25) is 19.0 Å². The van der Waals surface area contributed by atoms with Crippen LogP contribution in [0.4, 0.5) is 13.2 Å². The van der Waals surface area contributed by atoms with Crippen LogP contribution in [0.2, 0.25) is 5.02 Å². The lowest BCUT2D eigenvalue weighted by molar-refractivity contribution is -0.274. The largest absolute Gasteiger partial charge is 0.573 e. The molecule has 0 bridgehead atoms. The smallest absolute Gasteiger partial charge is 0.406 e. The number of amides is 1. The number of rotatable bonds is 4. The zero-order valence-corrected chi connectivity index (χ0v) is 18.8. The average molecular weight is 497 g/mol. The number of hydrogen-bond donors (Lipinski definition) is 0. The molecule has 1 aliphatic heterocycles. The number of fused-ring (bicyclic) bond motifs is 1. The molecule has 0 spiro atoms. The number of nitrogens with zero attached hydrogens (tertiary/aromatic N) is 4. The molecule has 8 nitrogen and oxygen atoms in total. The van der Waals surface area contributed by atoms with Gasteiger partial charge in [-0.15, -0.1) is 13.2 Å². The van der Waals surface area contributed by atoms with Gasteiger partial charge < -0.3 is 14.2 Å². The normalized spacial score (nSPS) is 15.0. The van der Waals surface area contributed by atoms with Gasteiger partial charge in [-0.05, 0) is 36.6 Å². The second-order valence-corrected chi connectivity index (χ2v) is 8.45. The molecule has 0 unspecified atom stereocenters. The van der Waals surface area contributed by atoms with Crippen LogP contribution < -0.4 is 15.9 Å². The highest BCUT2D eigenvalue weighted by atomic mass is 35.5. The van der Waals surface area contributed by atoms with E-state index in [9.17, 15) is 27.6 Å². The van der Waals surface area contributed by atoms with Gasteiger partial charge in [0.1, 0.15) is 5.75 Å². The molecule has 0 radical (unpaired) electrons. The van der Waals surface area contributed by atoms with Gasteiger partial charge in [-0.25, -0.2) is 4.98 Å². The van der Waals surface area contributed by atoms with Crippen molar-refractivity contribution in [3.8, 4) is 5.75 Å². The van der Waals surface area contributed by atoms with E-state index in [0.717, 1.165) is 12.1 Å². The summed E-state index contributed by atoms with van der Waals surface area (Å²) in [6, 6.07) is 6.40. The van der Waals surface area contributed by atoms with E-state index < -0.39 is 17.5 Å². The molecular formula is C22H20ClF3N4O4. The van der Waals surface area contributed by atoms with Crippen molar-refractivity contribution in [2.24, 2.45) is 7.05 Å². The highest BCUT2D eigenvalue weighted by molar-refractivity contribution is 6.31. The number of likely N-dealkylation sites (tertiary alicyclic amines) is 1. The Hall–Kier alpha value is -3.34. The van der Waals surface area contributed by atoms with Crippen LogP contribution in [0.25, 0.3) is 11.2 Å². The van der Waals surface area contributed by atoms with E-state index in [-0.39, 0.29) is 24.1 Å². The summed E-state index contributed by atoms with van der Waals surface area (Å²) in [5, 5.41) is 0.339. The summed E-state index contributed by atoms with van der Waals surface area (Å²) in [7, 11) is 1.48. The molecule has 0 N–H and O–H groups in total. The fourth-order valence-corrected chi connectivity index (χ4v) is 4.27. The molecule has 1 fully saturated rings. The molecule has 0 saturated carbocycles. The second-order valence-electron chi connectivity index (χ2n) is 8.02. The molecule has 2 aromatic heterocycles. The maximum Gasteiger partial charge on any atom is 0.573 e. The number of carbonyl (C=O) groups excluding carboxylic acids is 1. The molecule has 3 heterocycles. The number of hydrogen-bond acceptors (Lipinski definition) is 5. The maximum atomic E-state index is 12.8. The highest BCUT2D eigenvalue weighted by Crippen LogP contribution is 2.26. The molecule has 1 aliphatic rings. The number of ether oxygens (including phenoxy) is 1. The first-order chi connectivity index (χ1) is 16.0. The van der Waals surface area contributed by atoms with Crippen LogP contribution in [0.15, 0.2) is 46.1 Å². The van der Waals surface area contributed by atoms with Crippen LogP contribution in [0.3, 0.4) is 0 Å². The van der Waals surface area contributed by atoms with Gasteiger partial charge in [-0.1, -0.05) is 23.7 Å². The van der Waals surface area contributed by atoms with Crippen LogP contribution in [-0.2, 0) is 18.3 Å². The number of halogens is 4. The first kappa shape index (κ1) is 23.8. The summed E-state index contributed by atoms with van der Waals surface area (Å²) in [5.41, 5.74) is -0.0312. The summed E-state index contributed by atoms with van der Waals surface area (Å²) < 4.78 is 43.3. The van der Waals surface area contributed by atoms with Gasteiger partial charge >= 0.3 is 17.5 Å². The molecule has 1 amide bonds. The zero-order valence-electron chi connectivity index (χ0n) is 18.0. The average Bonchev–Trinajstić information content (AvgIpc) is 2.79. The molecule has 3 aromatic rings. The van der Waals surface area contributed by atoms with Crippen LogP contribution >= 0.6 is 11.6 Å². The lowest BCUT2D eigenvalue weighted by Gasteiger charge is -2.33. The van der Waals surface area contributed by atoms with Crippen molar-refractivity contribution in [3.05, 3.63) is 67.8 Å². The summed E-state index contributed by atoms with van der Waals surface area (Å²) >= 11 is 6.01. The number of aromatic nitrogens is 3. The van der Waals surface area contributed by atoms with Crippen molar-refractivity contribution < 1.29 is 22.7 Å². The molecule has 1 saturated heterocycles. The molecule has 4 rings (SSSR count). The Morgan fingerprint density at radius 2 is 1.79 bits per heavy atom. The Bertz CT molecular complexity index is 1340. The third kappa shape index (κ3) is 4.93. The Balaban J connectivity index is 1.46. The van der Waals surface area contributed by atoms with E-state index in [1.54, 1.807) is 11.0 Å². The lowest BCUT2D eigenvalue weighted by Crippen LogP contribution is -2.46. The topological polar surface area (TPSA) is 86.4 Å². The minimum Gasteiger partial charge on any atom is -0.406 e. The van der Waals surface area contributed by atoms with E-state index in [1.165, 1.54) is 34.5 Å². The van der Waals surface area contributed by atoms with Gasteiger partial charge in [0.25, 0.3) is 0 Å². The van der Waals surface area contributed by atoms with Gasteiger partial charge in [-0.2, -0.15) is 0 Å². The zero-order chi connectivity index (χ0) is 24.6. The van der Waals surface area contributed by atoms with Crippen LogP contribution in [0, 0.1) is 0 Å². The number of piperidine rings is 1. The molecule has 12 heteroatoms. The van der Waals surface area contributed by atoms with Crippen molar-refractivity contribution in [2.45, 2.75) is 31.7 Å². The fourth-order valence-electron chi connectivity index (χ4n) is 4.11. The predicted molar refractivity (Wildman–Crippen MR) is 118 cm³/mol. The predicted octanol–water partition coefficient (Wildman–Crippen LogP) is 3.05. The second kappa shape index (κ2) is 9.13. The molecule has 0 aliphatic carbocycles. The minimum absolute atomic E-state index is 0.0196. The number of carbonyl (C=O) groups is 1. The van der Waals surface area contributed by atoms with Crippen LogP contribution in [0.5, 0.6) is 5.75 Å². The monoisotopic (exact) mass is 496 g/mol. The van der Waals surface area contributed by atoms with E-state index in [2.05, 4.69) is 9.72 Å². The van der Waals surface area contributed by atoms with Crippen molar-refractivity contribution in [1.29, 1.82) is 0 Å². The first-order valence-electron chi connectivity index (χ1n) is 10.4. The van der Waals surface area contributed by atoms with E-state index in [4.69, 9.17) is 11.6 Å². The van der Waals surface area contributed by atoms with Gasteiger partial charge in [0.05, 0.1) is 17.0 Å². The standard InChI is InChI=1S/C22H20ClF3N4O4/c1-28-17-11-14(23)12-27-19(17)30(21(33)20(28)32)15-6-8-29(9-7-15)18(31)10-13-2-4-16(5-3-13)34-22(24,25)26/h2-5,11-12,15H,6-10H2,1H3. The van der Waals surface area contributed by atoms with E-state index in [0.29, 0.717) is 47.7 Å². The van der Waals surface area contributed by atoms with Gasteiger partial charge in [0.15, 0.2) is 5.65 Å². The molecular weight excluding hydrogens is 477 g/mol. The summed E-state index contributed by atoms with van der Waals surface area (Å²) in [5.74, 6) is -0.542. The van der Waals surface area contributed by atoms with Crippen molar-refractivity contribution in [2.75, 3.05) is 13.1 Å². The highest BCUT2D eigenvalue weighted by Gasteiger charge is 2.31. The number of alkyl halides is 3. The summed E-state index contributed by atoms with van der Waals surface area (Å²) in [6.07, 6.45) is -2.47. The van der Waals surface area contributed by atoms with Crippen LogP contribution in [-0.4, -0.2) is 44.4 Å².